The first kappa shape index (κ1) is 9.32. The van der Waals surface area contributed by atoms with Gasteiger partial charge >= 0.3 is 0 Å². The zero-order chi connectivity index (χ0) is 9.47. The van der Waals surface area contributed by atoms with Crippen molar-refractivity contribution in [1.29, 1.82) is 0 Å². The maximum absolute atomic E-state index is 5.89. The van der Waals surface area contributed by atoms with E-state index in [-0.39, 0.29) is 5.60 Å². The Morgan fingerprint density at radius 2 is 2.08 bits per heavy atom. The Balaban J connectivity index is 2.17. The van der Waals surface area contributed by atoms with E-state index in [1.54, 1.807) is 0 Å². The Morgan fingerprint density at radius 3 is 2.62 bits per heavy atom. The van der Waals surface area contributed by atoms with Gasteiger partial charge in [-0.05, 0) is 24.6 Å². The highest BCUT2D eigenvalue weighted by molar-refractivity contribution is 6.42. The van der Waals surface area contributed by atoms with Gasteiger partial charge in [-0.1, -0.05) is 29.3 Å². The molecule has 1 atom stereocenters. The second-order valence-corrected chi connectivity index (χ2v) is 4.48. The van der Waals surface area contributed by atoms with Crippen LogP contribution in [0.5, 0.6) is 0 Å². The molecule has 0 aromatic heterocycles. The molecule has 2 rings (SSSR count). The highest BCUT2D eigenvalue weighted by Gasteiger charge is 2.39. The minimum Gasteiger partial charge on any atom is -0.370 e. The topological polar surface area (TPSA) is 12.5 Å². The summed E-state index contributed by atoms with van der Waals surface area (Å²) in [5.74, 6) is 0. The molecule has 0 radical (unpaired) electrons. The van der Waals surface area contributed by atoms with E-state index in [1.165, 1.54) is 5.56 Å². The molecule has 0 aliphatic carbocycles. The minimum absolute atomic E-state index is 0.0388. The average Bonchev–Trinajstić information content (AvgIpc) is 2.76. The highest BCUT2D eigenvalue weighted by atomic mass is 35.5. The number of halogens is 2. The molecule has 0 N–H and O–H groups in total. The van der Waals surface area contributed by atoms with Gasteiger partial charge in [0.1, 0.15) is 0 Å². The van der Waals surface area contributed by atoms with Gasteiger partial charge in [0.15, 0.2) is 0 Å². The van der Waals surface area contributed by atoms with Gasteiger partial charge in [0, 0.05) is 6.42 Å². The van der Waals surface area contributed by atoms with Crippen molar-refractivity contribution in [1.82, 2.24) is 0 Å². The lowest BCUT2D eigenvalue weighted by atomic mass is 10.0. The lowest BCUT2D eigenvalue weighted by Gasteiger charge is -2.05. The van der Waals surface area contributed by atoms with Crippen LogP contribution in [-0.2, 0) is 11.2 Å². The van der Waals surface area contributed by atoms with Gasteiger partial charge in [0.25, 0.3) is 0 Å². The number of benzene rings is 1. The van der Waals surface area contributed by atoms with Gasteiger partial charge < -0.3 is 4.74 Å². The monoisotopic (exact) mass is 216 g/mol. The standard InChI is InChI=1S/C10H10Cl2O/c1-10(6-13-10)5-7-2-3-8(11)9(12)4-7/h2-4H,5-6H2,1H3. The maximum atomic E-state index is 5.89. The van der Waals surface area contributed by atoms with Crippen LogP contribution in [0.3, 0.4) is 0 Å². The Morgan fingerprint density at radius 1 is 1.38 bits per heavy atom. The van der Waals surface area contributed by atoms with Crippen LogP contribution in [0.4, 0.5) is 0 Å². The molecule has 70 valence electrons. The van der Waals surface area contributed by atoms with Gasteiger partial charge in [0.2, 0.25) is 0 Å². The van der Waals surface area contributed by atoms with Crippen LogP contribution in [0.2, 0.25) is 10.0 Å². The summed E-state index contributed by atoms with van der Waals surface area (Å²) < 4.78 is 5.29. The largest absolute Gasteiger partial charge is 0.370 e. The smallest absolute Gasteiger partial charge is 0.0928 e. The van der Waals surface area contributed by atoms with Crippen LogP contribution in [0, 0.1) is 0 Å². The summed E-state index contributed by atoms with van der Waals surface area (Å²) in [7, 11) is 0. The summed E-state index contributed by atoms with van der Waals surface area (Å²) in [6.07, 6.45) is 0.907. The van der Waals surface area contributed by atoms with E-state index in [0.717, 1.165) is 13.0 Å². The van der Waals surface area contributed by atoms with Crippen LogP contribution in [0.25, 0.3) is 0 Å². The first-order valence-electron chi connectivity index (χ1n) is 4.17. The molecule has 0 amide bonds. The minimum atomic E-state index is 0.0388. The number of ether oxygens (including phenoxy) is 1. The first-order chi connectivity index (χ1) is 6.09. The van der Waals surface area contributed by atoms with Gasteiger partial charge in [0.05, 0.1) is 22.3 Å². The van der Waals surface area contributed by atoms with Crippen molar-refractivity contribution in [3.8, 4) is 0 Å². The van der Waals surface area contributed by atoms with Gasteiger partial charge in [-0.2, -0.15) is 0 Å². The molecule has 3 heteroatoms. The third-order valence-corrected chi connectivity index (χ3v) is 2.94. The second kappa shape index (κ2) is 3.16. The van der Waals surface area contributed by atoms with Gasteiger partial charge in [-0.15, -0.1) is 0 Å². The van der Waals surface area contributed by atoms with Crippen molar-refractivity contribution < 1.29 is 4.74 Å². The molecule has 1 nitrogen and oxygen atoms in total. The lowest BCUT2D eigenvalue weighted by Crippen LogP contribution is -2.08. The van der Waals surface area contributed by atoms with Gasteiger partial charge in [-0.3, -0.25) is 0 Å². The van der Waals surface area contributed by atoms with Crippen molar-refractivity contribution in [3.63, 3.8) is 0 Å². The molecule has 1 unspecified atom stereocenters. The van der Waals surface area contributed by atoms with Crippen molar-refractivity contribution >= 4 is 23.2 Å². The number of epoxide rings is 1. The molecule has 0 spiro atoms. The van der Waals surface area contributed by atoms with Crippen LogP contribution >= 0.6 is 23.2 Å². The Kier molecular flexibility index (Phi) is 2.26. The Bertz CT molecular complexity index is 332. The second-order valence-electron chi connectivity index (χ2n) is 3.66. The van der Waals surface area contributed by atoms with Crippen LogP contribution in [0.1, 0.15) is 12.5 Å². The SMILES string of the molecule is CC1(Cc2ccc(Cl)c(Cl)c2)CO1. The quantitative estimate of drug-likeness (QED) is 0.692. The molecule has 1 aromatic carbocycles. The van der Waals surface area contributed by atoms with E-state index in [4.69, 9.17) is 27.9 Å². The summed E-state index contributed by atoms with van der Waals surface area (Å²) in [5, 5.41) is 1.22. The van der Waals surface area contributed by atoms with E-state index in [1.807, 2.05) is 18.2 Å². The average molecular weight is 217 g/mol. The fourth-order valence-electron chi connectivity index (χ4n) is 1.31. The zero-order valence-electron chi connectivity index (χ0n) is 7.31. The fourth-order valence-corrected chi connectivity index (χ4v) is 1.63. The third kappa shape index (κ3) is 2.16. The molecule has 1 aromatic rings. The predicted octanol–water partition coefficient (Wildman–Crippen LogP) is 3.32. The molecule has 1 heterocycles. The van der Waals surface area contributed by atoms with E-state index in [0.29, 0.717) is 10.0 Å². The molecular weight excluding hydrogens is 207 g/mol. The van der Waals surface area contributed by atoms with Crippen molar-refractivity contribution in [2.75, 3.05) is 6.61 Å². The first-order valence-corrected chi connectivity index (χ1v) is 4.93. The Hall–Kier alpha value is -0.240. The Labute approximate surface area is 87.6 Å². The van der Waals surface area contributed by atoms with E-state index >= 15 is 0 Å². The molecule has 1 fully saturated rings. The molecule has 1 saturated heterocycles. The molecular formula is C10H10Cl2O. The van der Waals surface area contributed by atoms with Crippen molar-refractivity contribution in [2.45, 2.75) is 18.9 Å². The summed E-state index contributed by atoms with van der Waals surface area (Å²) in [4.78, 5) is 0. The zero-order valence-corrected chi connectivity index (χ0v) is 8.82. The van der Waals surface area contributed by atoms with E-state index in [2.05, 4.69) is 6.92 Å². The third-order valence-electron chi connectivity index (χ3n) is 2.20. The van der Waals surface area contributed by atoms with E-state index < -0.39 is 0 Å². The summed E-state index contributed by atoms with van der Waals surface area (Å²) in [5.41, 5.74) is 1.21. The number of rotatable bonds is 2. The number of hydrogen-bond acceptors (Lipinski definition) is 1. The molecule has 0 bridgehead atoms. The van der Waals surface area contributed by atoms with E-state index in [9.17, 15) is 0 Å². The summed E-state index contributed by atoms with van der Waals surface area (Å²) >= 11 is 11.7. The summed E-state index contributed by atoms with van der Waals surface area (Å²) in [6, 6.07) is 5.71. The molecule has 13 heavy (non-hydrogen) atoms. The van der Waals surface area contributed by atoms with Crippen LogP contribution in [0.15, 0.2) is 18.2 Å². The molecule has 1 aliphatic rings. The van der Waals surface area contributed by atoms with Crippen LogP contribution < -0.4 is 0 Å². The summed E-state index contributed by atoms with van der Waals surface area (Å²) in [6.45, 7) is 2.93. The van der Waals surface area contributed by atoms with Crippen molar-refractivity contribution in [3.05, 3.63) is 33.8 Å². The predicted molar refractivity (Wildman–Crippen MR) is 54.5 cm³/mol. The van der Waals surface area contributed by atoms with Crippen molar-refractivity contribution in [2.24, 2.45) is 0 Å². The van der Waals surface area contributed by atoms with Crippen LogP contribution in [-0.4, -0.2) is 12.2 Å². The fraction of sp³-hybridized carbons (Fsp3) is 0.400. The molecule has 1 aliphatic heterocycles. The normalized spacial score (nSPS) is 26.1. The van der Waals surface area contributed by atoms with Gasteiger partial charge in [-0.25, -0.2) is 0 Å². The lowest BCUT2D eigenvalue weighted by molar-refractivity contribution is 0.322. The maximum Gasteiger partial charge on any atom is 0.0928 e. The molecule has 0 saturated carbocycles. The number of hydrogen-bond donors (Lipinski definition) is 0. The highest BCUT2D eigenvalue weighted by Crippen LogP contribution is 2.32.